The summed E-state index contributed by atoms with van der Waals surface area (Å²) in [6, 6.07) is 7.11. The van der Waals surface area contributed by atoms with Crippen molar-refractivity contribution in [3.8, 4) is 5.75 Å². The van der Waals surface area contributed by atoms with E-state index >= 15 is 0 Å². The largest absolute Gasteiger partial charge is 0.494 e. The second-order valence-corrected chi connectivity index (χ2v) is 7.98. The van der Waals surface area contributed by atoms with E-state index in [4.69, 9.17) is 19.3 Å². The Balaban J connectivity index is 2.13. The number of hydrogen-bond donors (Lipinski definition) is 3. The average molecular weight is 421 g/mol. The molecule has 0 unspecified atom stereocenters. The van der Waals surface area contributed by atoms with Crippen LogP contribution in [0.5, 0.6) is 5.75 Å². The van der Waals surface area contributed by atoms with Crippen LogP contribution in [0, 0.1) is 0 Å². The van der Waals surface area contributed by atoms with E-state index in [2.05, 4.69) is 15.8 Å². The highest BCUT2D eigenvalue weighted by Gasteiger charge is 2.44. The van der Waals surface area contributed by atoms with Crippen molar-refractivity contribution in [3.05, 3.63) is 29.8 Å². The molecule has 3 N–H and O–H groups in total. The van der Waals surface area contributed by atoms with Crippen LogP contribution in [0.2, 0.25) is 0 Å². The Morgan fingerprint density at radius 2 is 1.97 bits per heavy atom. The van der Waals surface area contributed by atoms with E-state index in [1.165, 1.54) is 0 Å². The van der Waals surface area contributed by atoms with Crippen LogP contribution in [0.1, 0.15) is 45.6 Å². The maximum atomic E-state index is 12.7. The molecule has 1 amide bonds. The molecule has 1 aliphatic heterocycles. The van der Waals surface area contributed by atoms with E-state index in [1.807, 2.05) is 0 Å². The number of hydrazine groups is 1. The first-order chi connectivity index (χ1) is 14.2. The number of aliphatic hydroxyl groups is 1. The standard InChI is InChI=1S/C21H31N3O6/c1-20(2,3)30-17(26)10-11-21(19(27)24-22-4)14-29-18(23-21)15-6-8-16(9-7-15)28-13-5-12-25/h6-9,22,25H,5,10-14H2,1-4H3,(H,24,27)/t21-/m0/s1. The van der Waals surface area contributed by atoms with Crippen LogP contribution < -0.4 is 15.6 Å². The van der Waals surface area contributed by atoms with Gasteiger partial charge >= 0.3 is 5.97 Å². The van der Waals surface area contributed by atoms with Gasteiger partial charge in [0.05, 0.1) is 6.61 Å². The van der Waals surface area contributed by atoms with Gasteiger partial charge in [-0.3, -0.25) is 15.0 Å². The van der Waals surface area contributed by atoms with Gasteiger partial charge in [0.25, 0.3) is 5.91 Å². The van der Waals surface area contributed by atoms with Crippen LogP contribution >= 0.6 is 0 Å². The van der Waals surface area contributed by atoms with Crippen molar-refractivity contribution in [1.29, 1.82) is 0 Å². The second-order valence-electron chi connectivity index (χ2n) is 7.98. The number of nitrogens with one attached hydrogen (secondary N) is 2. The summed E-state index contributed by atoms with van der Waals surface area (Å²) in [7, 11) is 1.58. The molecule has 30 heavy (non-hydrogen) atoms. The first-order valence-corrected chi connectivity index (χ1v) is 9.95. The van der Waals surface area contributed by atoms with E-state index in [9.17, 15) is 9.59 Å². The summed E-state index contributed by atoms with van der Waals surface area (Å²) in [6.07, 6.45) is 0.742. The first kappa shape index (κ1) is 23.6. The highest BCUT2D eigenvalue weighted by molar-refractivity contribution is 6.00. The Morgan fingerprint density at radius 1 is 1.27 bits per heavy atom. The minimum atomic E-state index is -1.23. The quantitative estimate of drug-likeness (QED) is 0.296. The van der Waals surface area contributed by atoms with Crippen molar-refractivity contribution in [2.75, 3.05) is 26.9 Å². The summed E-state index contributed by atoms with van der Waals surface area (Å²) in [5.41, 5.74) is 4.01. The van der Waals surface area contributed by atoms with E-state index in [-0.39, 0.29) is 32.0 Å². The maximum Gasteiger partial charge on any atom is 0.306 e. The summed E-state index contributed by atoms with van der Waals surface area (Å²) >= 11 is 0. The predicted octanol–water partition coefficient (Wildman–Crippen LogP) is 1.34. The molecule has 0 saturated carbocycles. The van der Waals surface area contributed by atoms with Gasteiger partial charge < -0.3 is 19.3 Å². The van der Waals surface area contributed by atoms with Crippen LogP contribution in [0.4, 0.5) is 0 Å². The van der Waals surface area contributed by atoms with E-state index < -0.39 is 17.1 Å². The zero-order valence-electron chi connectivity index (χ0n) is 18.0. The van der Waals surface area contributed by atoms with Gasteiger partial charge in [-0.2, -0.15) is 0 Å². The highest BCUT2D eigenvalue weighted by atomic mass is 16.6. The molecule has 166 valence electrons. The zero-order chi connectivity index (χ0) is 22.2. The Morgan fingerprint density at radius 3 is 2.57 bits per heavy atom. The molecule has 0 bridgehead atoms. The number of amides is 1. The molecule has 0 aromatic heterocycles. The predicted molar refractivity (Wildman–Crippen MR) is 111 cm³/mol. The number of carbonyl (C=O) groups excluding carboxylic acids is 2. The zero-order valence-corrected chi connectivity index (χ0v) is 18.0. The maximum absolute atomic E-state index is 12.7. The van der Waals surface area contributed by atoms with Gasteiger partial charge in [-0.15, -0.1) is 0 Å². The molecule has 0 spiro atoms. The molecule has 1 atom stereocenters. The Hall–Kier alpha value is -2.65. The fourth-order valence-electron chi connectivity index (χ4n) is 2.83. The topological polar surface area (TPSA) is 118 Å². The molecule has 0 saturated heterocycles. The fraction of sp³-hybridized carbons (Fsp3) is 0.571. The number of aliphatic imine (C=N–C) groups is 1. The normalized spacial score (nSPS) is 18.4. The van der Waals surface area contributed by atoms with Gasteiger partial charge in [-0.25, -0.2) is 10.4 Å². The lowest BCUT2D eigenvalue weighted by Crippen LogP contribution is -2.51. The third kappa shape index (κ3) is 6.70. The molecule has 9 heteroatoms. The number of carbonyl (C=O) groups is 2. The van der Waals surface area contributed by atoms with Gasteiger partial charge in [-0.1, -0.05) is 0 Å². The van der Waals surface area contributed by atoms with Crippen molar-refractivity contribution >= 4 is 17.8 Å². The molecule has 0 aliphatic carbocycles. The van der Waals surface area contributed by atoms with Crippen molar-refractivity contribution in [3.63, 3.8) is 0 Å². The molecule has 0 fully saturated rings. The minimum absolute atomic E-state index is 0.0212. The highest BCUT2D eigenvalue weighted by Crippen LogP contribution is 2.28. The molecule has 2 rings (SSSR count). The lowest BCUT2D eigenvalue weighted by Gasteiger charge is -2.24. The van der Waals surface area contributed by atoms with Crippen molar-refractivity contribution in [2.45, 2.75) is 51.2 Å². The molecule has 0 radical (unpaired) electrons. The molecular formula is C21H31N3O6. The minimum Gasteiger partial charge on any atom is -0.494 e. The third-order valence-corrected chi connectivity index (χ3v) is 4.26. The van der Waals surface area contributed by atoms with Crippen LogP contribution in [0.15, 0.2) is 29.3 Å². The Kier molecular flexibility index (Phi) is 8.19. The number of nitrogens with zero attached hydrogens (tertiary/aromatic N) is 1. The molecule has 1 aliphatic rings. The van der Waals surface area contributed by atoms with Gasteiger partial charge in [0, 0.05) is 32.1 Å². The van der Waals surface area contributed by atoms with Gasteiger partial charge in [-0.05, 0) is 51.5 Å². The van der Waals surface area contributed by atoms with Gasteiger partial charge in [0.2, 0.25) is 5.90 Å². The smallest absolute Gasteiger partial charge is 0.306 e. The van der Waals surface area contributed by atoms with Crippen molar-refractivity contribution < 1.29 is 28.9 Å². The number of ether oxygens (including phenoxy) is 3. The average Bonchev–Trinajstić information content (AvgIpc) is 3.12. The third-order valence-electron chi connectivity index (χ3n) is 4.26. The fourth-order valence-corrected chi connectivity index (χ4v) is 2.83. The summed E-state index contributed by atoms with van der Waals surface area (Å²) < 4.78 is 16.6. The second kappa shape index (κ2) is 10.4. The molecule has 9 nitrogen and oxygen atoms in total. The van der Waals surface area contributed by atoms with E-state index in [1.54, 1.807) is 52.1 Å². The first-order valence-electron chi connectivity index (χ1n) is 9.95. The lowest BCUT2D eigenvalue weighted by atomic mass is 9.94. The van der Waals surface area contributed by atoms with Gasteiger partial charge in [0.1, 0.15) is 18.0 Å². The number of rotatable bonds is 10. The van der Waals surface area contributed by atoms with Crippen LogP contribution in [-0.2, 0) is 19.1 Å². The molecule has 1 heterocycles. The molecule has 1 aromatic rings. The molecule has 1 aromatic carbocycles. The van der Waals surface area contributed by atoms with E-state index in [0.29, 0.717) is 30.2 Å². The summed E-state index contributed by atoms with van der Waals surface area (Å²) in [4.78, 5) is 29.4. The number of esters is 1. The molecular weight excluding hydrogens is 390 g/mol. The van der Waals surface area contributed by atoms with E-state index in [0.717, 1.165) is 0 Å². The lowest BCUT2D eigenvalue weighted by molar-refractivity contribution is -0.155. The van der Waals surface area contributed by atoms with Crippen LogP contribution in [0.25, 0.3) is 0 Å². The SMILES string of the molecule is CNNC(=O)[C@]1(CCC(=O)OC(C)(C)C)COC(c2ccc(OCCCO)cc2)=N1. The summed E-state index contributed by atoms with van der Waals surface area (Å²) in [5.74, 6) is 0.210. The summed E-state index contributed by atoms with van der Waals surface area (Å²) in [5, 5.41) is 8.82. The Labute approximate surface area is 176 Å². The van der Waals surface area contributed by atoms with Crippen molar-refractivity contribution in [1.82, 2.24) is 10.9 Å². The summed E-state index contributed by atoms with van der Waals surface area (Å²) in [6.45, 7) is 5.89. The number of benzene rings is 1. The Bertz CT molecular complexity index is 757. The number of aliphatic hydroxyl groups excluding tert-OH is 1. The van der Waals surface area contributed by atoms with Crippen LogP contribution in [0.3, 0.4) is 0 Å². The number of hydrogen-bond acceptors (Lipinski definition) is 8. The van der Waals surface area contributed by atoms with Gasteiger partial charge in [0.15, 0.2) is 5.54 Å². The van der Waals surface area contributed by atoms with Crippen LogP contribution in [-0.4, -0.2) is 60.9 Å². The monoisotopic (exact) mass is 421 g/mol. The van der Waals surface area contributed by atoms with Crippen molar-refractivity contribution in [2.24, 2.45) is 4.99 Å².